The summed E-state index contributed by atoms with van der Waals surface area (Å²) in [6.07, 6.45) is 1.56. The van der Waals surface area contributed by atoms with E-state index in [0.717, 1.165) is 0 Å². The summed E-state index contributed by atoms with van der Waals surface area (Å²) in [4.78, 5) is 38.3. The molecule has 1 aliphatic rings. The van der Waals surface area contributed by atoms with Crippen molar-refractivity contribution in [1.29, 1.82) is 0 Å². The standard InChI is InChI=1S/C25H26ClNO7/c1-33-17-11-12-18(19(14-17)34-2)22-21(23(30)15-7-9-16(26)10-8-15)24(31)25(32)27(22)13-5-3-4-6-20(28)29/h7-12,14,22,30H,3-6,13H2,1-2H3,(H,28,29)/b23-21-. The third kappa shape index (κ3) is 5.34. The van der Waals surface area contributed by atoms with Crippen LogP contribution in [0.4, 0.5) is 0 Å². The molecule has 2 aromatic rings. The number of halogens is 1. The van der Waals surface area contributed by atoms with Crippen LogP contribution < -0.4 is 9.47 Å². The molecule has 0 aromatic heterocycles. The van der Waals surface area contributed by atoms with E-state index >= 15 is 0 Å². The highest BCUT2D eigenvalue weighted by atomic mass is 35.5. The Bertz CT molecular complexity index is 1110. The zero-order chi connectivity index (χ0) is 24.8. The Kier molecular flexibility index (Phi) is 8.17. The summed E-state index contributed by atoms with van der Waals surface area (Å²) in [5.41, 5.74) is 0.811. The highest BCUT2D eigenvalue weighted by Crippen LogP contribution is 2.43. The van der Waals surface area contributed by atoms with Gasteiger partial charge in [-0.3, -0.25) is 14.4 Å². The molecule has 1 saturated heterocycles. The molecule has 1 aliphatic heterocycles. The van der Waals surface area contributed by atoms with Crippen molar-refractivity contribution in [2.24, 2.45) is 0 Å². The number of hydrogen-bond acceptors (Lipinski definition) is 6. The van der Waals surface area contributed by atoms with E-state index in [0.29, 0.717) is 46.9 Å². The summed E-state index contributed by atoms with van der Waals surface area (Å²) < 4.78 is 10.8. The van der Waals surface area contributed by atoms with E-state index in [1.165, 1.54) is 19.1 Å². The van der Waals surface area contributed by atoms with Gasteiger partial charge in [0.2, 0.25) is 0 Å². The fourth-order valence-corrected chi connectivity index (χ4v) is 4.10. The van der Waals surface area contributed by atoms with Crippen LogP contribution in [0.1, 0.15) is 42.9 Å². The molecule has 2 N–H and O–H groups in total. The lowest BCUT2D eigenvalue weighted by Crippen LogP contribution is -2.31. The van der Waals surface area contributed by atoms with Crippen LogP contribution in [0.25, 0.3) is 5.76 Å². The fraction of sp³-hybridized carbons (Fsp3) is 0.320. The Hall–Kier alpha value is -3.52. The van der Waals surface area contributed by atoms with Crippen molar-refractivity contribution >= 4 is 35.0 Å². The van der Waals surface area contributed by atoms with Crippen LogP contribution >= 0.6 is 11.6 Å². The van der Waals surface area contributed by atoms with Crippen molar-refractivity contribution in [3.63, 3.8) is 0 Å². The summed E-state index contributed by atoms with van der Waals surface area (Å²) in [5, 5.41) is 20.4. The molecule has 1 heterocycles. The number of likely N-dealkylation sites (tertiary alicyclic amines) is 1. The van der Waals surface area contributed by atoms with Gasteiger partial charge in [0.15, 0.2) is 0 Å². The number of methoxy groups -OCH3 is 2. The fourth-order valence-electron chi connectivity index (χ4n) is 3.98. The van der Waals surface area contributed by atoms with Crippen molar-refractivity contribution < 1.29 is 34.1 Å². The monoisotopic (exact) mass is 487 g/mol. The molecule has 3 rings (SSSR count). The van der Waals surface area contributed by atoms with Crippen LogP contribution in [0.5, 0.6) is 11.5 Å². The second kappa shape index (κ2) is 11.1. The molecule has 0 spiro atoms. The second-order valence-electron chi connectivity index (χ2n) is 7.81. The van der Waals surface area contributed by atoms with E-state index < -0.39 is 23.7 Å². The topological polar surface area (TPSA) is 113 Å². The molecule has 8 nitrogen and oxygen atoms in total. The largest absolute Gasteiger partial charge is 0.507 e. The van der Waals surface area contributed by atoms with Crippen LogP contribution in [0.3, 0.4) is 0 Å². The van der Waals surface area contributed by atoms with Crippen LogP contribution in [0, 0.1) is 0 Å². The molecule has 2 aromatic carbocycles. The number of amides is 1. The Morgan fingerprint density at radius 3 is 2.32 bits per heavy atom. The van der Waals surface area contributed by atoms with Crippen molar-refractivity contribution in [2.75, 3.05) is 20.8 Å². The lowest BCUT2D eigenvalue weighted by molar-refractivity contribution is -0.140. The number of ether oxygens (including phenoxy) is 2. The summed E-state index contributed by atoms with van der Waals surface area (Å²) >= 11 is 5.95. The van der Waals surface area contributed by atoms with Crippen LogP contribution in [-0.2, 0) is 14.4 Å². The van der Waals surface area contributed by atoms with Gasteiger partial charge in [0.25, 0.3) is 11.7 Å². The molecule has 0 saturated carbocycles. The van der Waals surface area contributed by atoms with Gasteiger partial charge in [-0.05, 0) is 49.2 Å². The quantitative estimate of drug-likeness (QED) is 0.220. The smallest absolute Gasteiger partial charge is 0.303 e. The molecule has 9 heteroatoms. The summed E-state index contributed by atoms with van der Waals surface area (Å²) in [6, 6.07) is 10.4. The Labute approximate surface area is 202 Å². The molecule has 0 radical (unpaired) electrons. The molecule has 180 valence electrons. The minimum absolute atomic E-state index is 0.0329. The number of carbonyl (C=O) groups is 3. The van der Waals surface area contributed by atoms with Gasteiger partial charge in [-0.15, -0.1) is 0 Å². The Morgan fingerprint density at radius 2 is 1.71 bits per heavy atom. The normalized spacial score (nSPS) is 17.1. The minimum atomic E-state index is -0.893. The predicted molar refractivity (Wildman–Crippen MR) is 126 cm³/mol. The van der Waals surface area contributed by atoms with E-state index in [1.807, 2.05) is 0 Å². The zero-order valence-corrected chi connectivity index (χ0v) is 19.7. The number of Topliss-reactive ketones (excluding diaryl/α,β-unsaturated/α-hetero) is 1. The summed E-state index contributed by atoms with van der Waals surface area (Å²) in [5.74, 6) is -1.82. The summed E-state index contributed by atoms with van der Waals surface area (Å²) in [6.45, 7) is 0.210. The van der Waals surface area contributed by atoms with Gasteiger partial charge >= 0.3 is 5.97 Å². The van der Waals surface area contributed by atoms with E-state index in [9.17, 15) is 19.5 Å². The number of aliphatic carboxylic acids is 1. The minimum Gasteiger partial charge on any atom is -0.507 e. The van der Waals surface area contributed by atoms with Crippen LogP contribution in [0.15, 0.2) is 48.0 Å². The first-order chi connectivity index (χ1) is 16.3. The average molecular weight is 488 g/mol. The number of carboxylic acid groups (broad SMARTS) is 1. The SMILES string of the molecule is COc1ccc(C2/C(=C(/O)c3ccc(Cl)cc3)C(=O)C(=O)N2CCCCCC(=O)O)c(OC)c1. The number of nitrogens with zero attached hydrogens (tertiary/aromatic N) is 1. The first kappa shape index (κ1) is 25.1. The summed E-state index contributed by atoms with van der Waals surface area (Å²) in [7, 11) is 2.98. The molecular weight excluding hydrogens is 462 g/mol. The van der Waals surface area contributed by atoms with Crippen molar-refractivity contribution in [2.45, 2.75) is 31.7 Å². The highest BCUT2D eigenvalue weighted by molar-refractivity contribution is 6.46. The molecule has 1 unspecified atom stereocenters. The van der Waals surface area contributed by atoms with Crippen molar-refractivity contribution in [1.82, 2.24) is 4.90 Å². The zero-order valence-electron chi connectivity index (χ0n) is 18.9. The number of ketones is 1. The average Bonchev–Trinajstić information content (AvgIpc) is 3.08. The highest BCUT2D eigenvalue weighted by Gasteiger charge is 2.46. The molecule has 0 aliphatic carbocycles. The van der Waals surface area contributed by atoms with Gasteiger partial charge in [-0.2, -0.15) is 0 Å². The van der Waals surface area contributed by atoms with Gasteiger partial charge in [0, 0.05) is 35.2 Å². The molecular formula is C25H26ClNO7. The number of hydrogen-bond donors (Lipinski definition) is 2. The number of carbonyl (C=O) groups excluding carboxylic acids is 2. The van der Waals surface area contributed by atoms with E-state index in [1.54, 1.807) is 42.5 Å². The van der Waals surface area contributed by atoms with Crippen LogP contribution in [0.2, 0.25) is 5.02 Å². The molecule has 34 heavy (non-hydrogen) atoms. The lowest BCUT2D eigenvalue weighted by atomic mass is 9.94. The number of benzene rings is 2. The number of unbranched alkanes of at least 4 members (excludes halogenated alkanes) is 2. The number of carboxylic acids is 1. The number of rotatable bonds is 10. The molecule has 0 bridgehead atoms. The molecule has 1 fully saturated rings. The van der Waals surface area contributed by atoms with Crippen LogP contribution in [-0.4, -0.2) is 53.5 Å². The number of aliphatic hydroxyl groups excluding tert-OH is 1. The maximum absolute atomic E-state index is 13.1. The first-order valence-electron chi connectivity index (χ1n) is 10.8. The van der Waals surface area contributed by atoms with Crippen molar-refractivity contribution in [3.8, 4) is 11.5 Å². The molecule has 1 amide bonds. The van der Waals surface area contributed by atoms with Gasteiger partial charge in [0.05, 0.1) is 25.8 Å². The maximum atomic E-state index is 13.1. The van der Waals surface area contributed by atoms with E-state index in [2.05, 4.69) is 0 Å². The first-order valence-corrected chi connectivity index (χ1v) is 11.1. The van der Waals surface area contributed by atoms with E-state index in [-0.39, 0.29) is 24.3 Å². The Balaban J connectivity index is 2.06. The lowest BCUT2D eigenvalue weighted by Gasteiger charge is -2.27. The third-order valence-corrected chi connectivity index (χ3v) is 5.93. The van der Waals surface area contributed by atoms with Gasteiger partial charge in [-0.1, -0.05) is 18.0 Å². The second-order valence-corrected chi connectivity index (χ2v) is 8.25. The number of aliphatic hydroxyl groups is 1. The van der Waals surface area contributed by atoms with E-state index in [4.69, 9.17) is 26.2 Å². The Morgan fingerprint density at radius 1 is 1.00 bits per heavy atom. The van der Waals surface area contributed by atoms with Gasteiger partial charge in [0.1, 0.15) is 17.3 Å². The van der Waals surface area contributed by atoms with Gasteiger partial charge < -0.3 is 24.6 Å². The predicted octanol–water partition coefficient (Wildman–Crippen LogP) is 4.42. The maximum Gasteiger partial charge on any atom is 0.303 e. The third-order valence-electron chi connectivity index (χ3n) is 5.68. The van der Waals surface area contributed by atoms with Gasteiger partial charge in [-0.25, -0.2) is 0 Å². The molecule has 1 atom stereocenters. The van der Waals surface area contributed by atoms with Crippen molar-refractivity contribution in [3.05, 3.63) is 64.2 Å².